The first kappa shape index (κ1) is 14.2. The van der Waals surface area contributed by atoms with Crippen LogP contribution >= 0.6 is 0 Å². The van der Waals surface area contributed by atoms with Gasteiger partial charge < -0.3 is 19.9 Å². The largest absolute Gasteiger partial charge is 0.497 e. The molecule has 0 aromatic heterocycles. The van der Waals surface area contributed by atoms with Crippen molar-refractivity contribution < 1.29 is 19.0 Å². The minimum atomic E-state index is -0.398. The lowest BCUT2D eigenvalue weighted by Gasteiger charge is -2.10. The number of esters is 1. The molecule has 0 saturated carbocycles. The first-order valence-electron chi connectivity index (χ1n) is 5.89. The molecule has 0 aliphatic rings. The number of unbranched alkanes of at least 4 members (excludes halogenated alkanes) is 1. The highest BCUT2D eigenvalue weighted by molar-refractivity contribution is 5.71. The summed E-state index contributed by atoms with van der Waals surface area (Å²) in [5.74, 6) is 0.644. The predicted octanol–water partition coefficient (Wildman–Crippen LogP) is 2.00. The minimum absolute atomic E-state index is 0.152. The molecule has 1 aromatic rings. The van der Waals surface area contributed by atoms with E-state index in [0.717, 1.165) is 12.8 Å². The highest BCUT2D eigenvalue weighted by Crippen LogP contribution is 2.26. The van der Waals surface area contributed by atoms with Gasteiger partial charge in [-0.05, 0) is 18.6 Å². The molecule has 5 heteroatoms. The number of carbonyl (C=O) groups is 1. The zero-order valence-electron chi connectivity index (χ0n) is 10.8. The number of ether oxygens (including phenoxy) is 3. The summed E-state index contributed by atoms with van der Waals surface area (Å²) in [5.41, 5.74) is 6.18. The van der Waals surface area contributed by atoms with E-state index in [2.05, 4.69) is 0 Å². The third kappa shape index (κ3) is 4.53. The van der Waals surface area contributed by atoms with Gasteiger partial charge in [-0.1, -0.05) is 13.3 Å². The fourth-order valence-electron chi connectivity index (χ4n) is 1.28. The maximum absolute atomic E-state index is 11.3. The molecule has 0 aliphatic heterocycles. The second-order valence-electron chi connectivity index (χ2n) is 3.77. The third-order valence-corrected chi connectivity index (χ3v) is 2.33. The standard InChI is InChI=1S/C13H19NO4/c1-3-4-7-17-13(15)9-18-12-8-10(16-2)5-6-11(12)14/h5-6,8H,3-4,7,9,14H2,1-2H3. The van der Waals surface area contributed by atoms with Crippen LogP contribution in [0.1, 0.15) is 19.8 Å². The summed E-state index contributed by atoms with van der Waals surface area (Å²) in [4.78, 5) is 11.3. The highest BCUT2D eigenvalue weighted by atomic mass is 16.6. The molecule has 18 heavy (non-hydrogen) atoms. The second kappa shape index (κ2) is 7.42. The maximum Gasteiger partial charge on any atom is 0.344 e. The zero-order valence-corrected chi connectivity index (χ0v) is 10.8. The summed E-state index contributed by atoms with van der Waals surface area (Å²) in [6.07, 6.45) is 1.84. The van der Waals surface area contributed by atoms with E-state index in [9.17, 15) is 4.79 Å². The Hall–Kier alpha value is -1.91. The fraction of sp³-hybridized carbons (Fsp3) is 0.462. The SMILES string of the molecule is CCCCOC(=O)COc1cc(OC)ccc1N. The Morgan fingerprint density at radius 1 is 1.39 bits per heavy atom. The number of hydrogen-bond donors (Lipinski definition) is 1. The van der Waals surface area contributed by atoms with Gasteiger partial charge in [-0.3, -0.25) is 0 Å². The monoisotopic (exact) mass is 253 g/mol. The Morgan fingerprint density at radius 3 is 2.83 bits per heavy atom. The summed E-state index contributed by atoms with van der Waals surface area (Å²) >= 11 is 0. The molecule has 0 bridgehead atoms. The average Bonchev–Trinajstić information content (AvgIpc) is 2.38. The lowest BCUT2D eigenvalue weighted by Crippen LogP contribution is -2.16. The predicted molar refractivity (Wildman–Crippen MR) is 68.8 cm³/mol. The molecule has 1 aromatic carbocycles. The molecular weight excluding hydrogens is 234 g/mol. The van der Waals surface area contributed by atoms with Crippen LogP contribution < -0.4 is 15.2 Å². The molecule has 5 nitrogen and oxygen atoms in total. The number of hydrogen-bond acceptors (Lipinski definition) is 5. The van der Waals surface area contributed by atoms with Crippen molar-refractivity contribution in [2.24, 2.45) is 0 Å². The molecule has 0 fully saturated rings. The van der Waals surface area contributed by atoms with Crippen LogP contribution in [0.2, 0.25) is 0 Å². The van der Waals surface area contributed by atoms with Gasteiger partial charge in [0.25, 0.3) is 0 Å². The number of benzene rings is 1. The Bertz CT molecular complexity index is 393. The molecule has 0 saturated heterocycles. The van der Waals surface area contributed by atoms with Crippen molar-refractivity contribution in [2.45, 2.75) is 19.8 Å². The van der Waals surface area contributed by atoms with Crippen LogP contribution in [0.5, 0.6) is 11.5 Å². The molecule has 0 heterocycles. The van der Waals surface area contributed by atoms with Crippen molar-refractivity contribution in [2.75, 3.05) is 26.1 Å². The Morgan fingerprint density at radius 2 is 2.17 bits per heavy atom. The number of methoxy groups -OCH3 is 1. The minimum Gasteiger partial charge on any atom is -0.497 e. The first-order chi connectivity index (χ1) is 8.67. The van der Waals surface area contributed by atoms with Crippen LogP contribution in [0.4, 0.5) is 5.69 Å². The molecule has 1 rings (SSSR count). The van der Waals surface area contributed by atoms with Gasteiger partial charge in [0.05, 0.1) is 19.4 Å². The number of rotatable bonds is 7. The van der Waals surface area contributed by atoms with Crippen LogP contribution in [0.25, 0.3) is 0 Å². The molecule has 0 radical (unpaired) electrons. The summed E-state index contributed by atoms with van der Waals surface area (Å²) in [5, 5.41) is 0. The van der Waals surface area contributed by atoms with E-state index in [1.165, 1.54) is 0 Å². The molecular formula is C13H19NO4. The van der Waals surface area contributed by atoms with Crippen molar-refractivity contribution in [1.29, 1.82) is 0 Å². The average molecular weight is 253 g/mol. The fourth-order valence-corrected chi connectivity index (χ4v) is 1.28. The number of anilines is 1. The Labute approximate surface area is 107 Å². The quantitative estimate of drug-likeness (QED) is 0.457. The summed E-state index contributed by atoms with van der Waals surface area (Å²) in [6, 6.07) is 5.02. The smallest absolute Gasteiger partial charge is 0.344 e. The van der Waals surface area contributed by atoms with Crippen LogP contribution in [-0.4, -0.2) is 26.3 Å². The second-order valence-corrected chi connectivity index (χ2v) is 3.77. The molecule has 0 aliphatic carbocycles. The summed E-state index contributed by atoms with van der Waals surface area (Å²) in [6.45, 7) is 2.30. The zero-order chi connectivity index (χ0) is 13.4. The van der Waals surface area contributed by atoms with Crippen LogP contribution in [0, 0.1) is 0 Å². The first-order valence-corrected chi connectivity index (χ1v) is 5.89. The molecule has 2 N–H and O–H groups in total. The van der Waals surface area contributed by atoms with Gasteiger partial charge in [-0.15, -0.1) is 0 Å². The highest BCUT2D eigenvalue weighted by Gasteiger charge is 2.07. The van der Waals surface area contributed by atoms with E-state index in [-0.39, 0.29) is 6.61 Å². The van der Waals surface area contributed by atoms with Crippen molar-refractivity contribution in [3.05, 3.63) is 18.2 Å². The van der Waals surface area contributed by atoms with E-state index in [4.69, 9.17) is 19.9 Å². The van der Waals surface area contributed by atoms with Crippen molar-refractivity contribution in [3.8, 4) is 11.5 Å². The van der Waals surface area contributed by atoms with Crippen LogP contribution in [0.15, 0.2) is 18.2 Å². The van der Waals surface area contributed by atoms with E-state index in [1.54, 1.807) is 25.3 Å². The Balaban J connectivity index is 2.45. The van der Waals surface area contributed by atoms with Crippen molar-refractivity contribution in [1.82, 2.24) is 0 Å². The molecule has 0 spiro atoms. The third-order valence-electron chi connectivity index (χ3n) is 2.33. The number of nitrogen functional groups attached to an aromatic ring is 1. The van der Waals surface area contributed by atoms with Gasteiger partial charge in [-0.2, -0.15) is 0 Å². The van der Waals surface area contributed by atoms with Crippen LogP contribution in [0.3, 0.4) is 0 Å². The van der Waals surface area contributed by atoms with Gasteiger partial charge in [0.2, 0.25) is 0 Å². The van der Waals surface area contributed by atoms with Gasteiger partial charge in [0.1, 0.15) is 11.5 Å². The van der Waals surface area contributed by atoms with E-state index >= 15 is 0 Å². The molecule has 0 unspecified atom stereocenters. The molecule has 0 amide bonds. The number of nitrogens with two attached hydrogens (primary N) is 1. The van der Waals surface area contributed by atoms with E-state index < -0.39 is 5.97 Å². The van der Waals surface area contributed by atoms with E-state index in [1.807, 2.05) is 6.92 Å². The van der Waals surface area contributed by atoms with Crippen molar-refractivity contribution >= 4 is 11.7 Å². The summed E-state index contributed by atoms with van der Waals surface area (Å²) < 4.78 is 15.3. The van der Waals surface area contributed by atoms with Gasteiger partial charge in [-0.25, -0.2) is 4.79 Å². The maximum atomic E-state index is 11.3. The molecule has 0 atom stereocenters. The topological polar surface area (TPSA) is 70.8 Å². The van der Waals surface area contributed by atoms with Gasteiger partial charge in [0.15, 0.2) is 6.61 Å². The van der Waals surface area contributed by atoms with Gasteiger partial charge in [0, 0.05) is 6.07 Å². The summed E-state index contributed by atoms with van der Waals surface area (Å²) in [7, 11) is 1.55. The lowest BCUT2D eigenvalue weighted by molar-refractivity contribution is -0.146. The van der Waals surface area contributed by atoms with Crippen molar-refractivity contribution in [3.63, 3.8) is 0 Å². The molecule has 100 valence electrons. The Kier molecular flexibility index (Phi) is 5.84. The van der Waals surface area contributed by atoms with Gasteiger partial charge >= 0.3 is 5.97 Å². The van der Waals surface area contributed by atoms with Crippen LogP contribution in [-0.2, 0) is 9.53 Å². The normalized spacial score (nSPS) is 9.89. The lowest BCUT2D eigenvalue weighted by atomic mass is 10.3. The van der Waals surface area contributed by atoms with E-state index in [0.29, 0.717) is 23.8 Å². The number of carbonyl (C=O) groups excluding carboxylic acids is 1.